The summed E-state index contributed by atoms with van der Waals surface area (Å²) < 4.78 is 5.58. The zero-order chi connectivity index (χ0) is 50.2. The summed E-state index contributed by atoms with van der Waals surface area (Å²) in [7, 11) is 1.47. The predicted molar refractivity (Wildman–Crippen MR) is 251 cm³/mol. The molecule has 0 aliphatic carbocycles. The van der Waals surface area contributed by atoms with Crippen molar-refractivity contribution in [2.24, 2.45) is 23.7 Å². The number of aliphatic hydroxyl groups is 4. The number of likely N-dealkylation sites (N-methyl/N-ethyl adjacent to an activating group) is 1. The average Bonchev–Trinajstić information content (AvgIpc) is 4.00. The van der Waals surface area contributed by atoms with E-state index >= 15 is 0 Å². The number of carbonyl (C=O) groups is 6. The molecule has 67 heavy (non-hydrogen) atoms. The van der Waals surface area contributed by atoms with Crippen LogP contribution in [0.25, 0.3) is 0 Å². The summed E-state index contributed by atoms with van der Waals surface area (Å²) in [6.45, 7) is 14.3. The third-order valence-corrected chi connectivity index (χ3v) is 12.4. The van der Waals surface area contributed by atoms with Gasteiger partial charge in [0, 0.05) is 44.2 Å². The van der Waals surface area contributed by atoms with E-state index in [1.54, 1.807) is 41.5 Å². The molecule has 19 nitrogen and oxygen atoms in total. The second kappa shape index (κ2) is 25.9. The van der Waals surface area contributed by atoms with Crippen LogP contribution in [-0.4, -0.2) is 157 Å². The number of hydrogen-bond acceptors (Lipinski definition) is 12. The highest BCUT2D eigenvalue weighted by Gasteiger charge is 2.41. The smallest absolute Gasteiger partial charge is 0.410 e. The zero-order valence-corrected chi connectivity index (χ0v) is 41.1. The van der Waals surface area contributed by atoms with Crippen molar-refractivity contribution in [2.45, 2.75) is 155 Å². The van der Waals surface area contributed by atoms with Gasteiger partial charge in [-0.1, -0.05) is 78.3 Å². The first-order chi connectivity index (χ1) is 31.5. The molecule has 8 atom stereocenters. The van der Waals surface area contributed by atoms with Crippen LogP contribution < -0.4 is 21.3 Å². The van der Waals surface area contributed by atoms with E-state index in [9.17, 15) is 49.2 Å². The number of rotatable bonds is 25. The molecule has 0 spiro atoms. The number of aromatic nitrogens is 2. The summed E-state index contributed by atoms with van der Waals surface area (Å²) in [5, 5.41) is 52.7. The van der Waals surface area contributed by atoms with Gasteiger partial charge in [-0.15, -0.1) is 0 Å². The Balaban J connectivity index is 1.93. The third-order valence-electron chi connectivity index (χ3n) is 12.4. The maximum Gasteiger partial charge on any atom is 0.410 e. The molecule has 0 radical (unpaired) electrons. The molecule has 3 rings (SSSR count). The average molecular weight is 943 g/mol. The quantitative estimate of drug-likeness (QED) is 0.0690. The minimum atomic E-state index is -1.71. The largest absolute Gasteiger partial charge is 0.444 e. The van der Waals surface area contributed by atoms with Crippen LogP contribution in [-0.2, 0) is 41.6 Å². The highest BCUT2D eigenvalue weighted by atomic mass is 16.6. The van der Waals surface area contributed by atoms with E-state index in [1.165, 1.54) is 29.4 Å². The minimum absolute atomic E-state index is 0.0141. The molecule has 1 aliphatic rings. The summed E-state index contributed by atoms with van der Waals surface area (Å²) in [4.78, 5) is 93.9. The van der Waals surface area contributed by atoms with Gasteiger partial charge in [0.2, 0.25) is 29.5 Å². The number of hydrogen-bond donors (Lipinski definition) is 9. The van der Waals surface area contributed by atoms with Crippen LogP contribution in [0.5, 0.6) is 0 Å². The molecule has 0 unspecified atom stereocenters. The number of carbonyl (C=O) groups excluding carboxylic acids is 6. The molecule has 1 aromatic carbocycles. The third kappa shape index (κ3) is 16.6. The lowest BCUT2D eigenvalue weighted by molar-refractivity contribution is -0.143. The van der Waals surface area contributed by atoms with Crippen LogP contribution in [0, 0.1) is 23.7 Å². The second-order valence-corrected chi connectivity index (χ2v) is 19.8. The number of amides is 6. The molecule has 0 saturated carbocycles. The topological polar surface area (TPSA) is 276 Å². The Hall–Kier alpha value is -5.11. The number of likely N-dealkylation sites (tertiary alicyclic amines) is 1. The van der Waals surface area contributed by atoms with Crippen LogP contribution in [0.4, 0.5) is 4.79 Å². The molecule has 376 valence electrons. The molecule has 2 heterocycles. The molecule has 6 amide bonds. The Kier molecular flexibility index (Phi) is 21.7. The SMILES string of the molecule is CC[C@H](C)[C@H](NC(=O)[C@H](C[C@H](O)[C@H](CC(C)C)NC(=O)[C@H](Cc1cnc[nH]1)N(C)C(=O)[C@H](Cc1ccccc1)NC(=O)[C@@H]1CCCN1C(=O)OC(C)(C)C)C(C)C)C(=O)NC(CO)(CO)CO. The van der Waals surface area contributed by atoms with E-state index in [4.69, 9.17) is 4.74 Å². The first-order valence-corrected chi connectivity index (χ1v) is 23.5. The second-order valence-electron chi connectivity index (χ2n) is 19.8. The van der Waals surface area contributed by atoms with Crippen LogP contribution in [0.1, 0.15) is 106 Å². The van der Waals surface area contributed by atoms with E-state index in [0.29, 0.717) is 37.9 Å². The molecule has 1 aliphatic heterocycles. The molecule has 19 heteroatoms. The monoisotopic (exact) mass is 943 g/mol. The van der Waals surface area contributed by atoms with E-state index in [-0.39, 0.29) is 31.1 Å². The fourth-order valence-corrected chi connectivity index (χ4v) is 8.08. The van der Waals surface area contributed by atoms with Crippen molar-refractivity contribution < 1.29 is 53.9 Å². The molecule has 1 aromatic heterocycles. The number of benzene rings is 1. The van der Waals surface area contributed by atoms with Gasteiger partial charge in [-0.25, -0.2) is 9.78 Å². The van der Waals surface area contributed by atoms with Crippen molar-refractivity contribution in [2.75, 3.05) is 33.4 Å². The van der Waals surface area contributed by atoms with Crippen LogP contribution >= 0.6 is 0 Å². The number of aliphatic hydroxyl groups excluding tert-OH is 4. The highest BCUT2D eigenvalue weighted by Crippen LogP contribution is 2.25. The van der Waals surface area contributed by atoms with Gasteiger partial charge in [0.1, 0.15) is 35.3 Å². The van der Waals surface area contributed by atoms with Gasteiger partial charge in [-0.3, -0.25) is 28.9 Å². The lowest BCUT2D eigenvalue weighted by atomic mass is 9.84. The van der Waals surface area contributed by atoms with Gasteiger partial charge in [0.25, 0.3) is 0 Å². The Morgan fingerprint density at radius 2 is 1.54 bits per heavy atom. The molecule has 1 saturated heterocycles. The molecular weight excluding hydrogens is 865 g/mol. The molecule has 2 aromatic rings. The van der Waals surface area contributed by atoms with E-state index in [2.05, 4.69) is 31.2 Å². The van der Waals surface area contributed by atoms with Gasteiger partial charge < -0.3 is 56.3 Å². The number of nitrogens with one attached hydrogen (secondary N) is 5. The van der Waals surface area contributed by atoms with Crippen molar-refractivity contribution in [3.05, 3.63) is 54.1 Å². The number of aromatic amines is 1. The number of ether oxygens (including phenoxy) is 1. The van der Waals surface area contributed by atoms with Crippen molar-refractivity contribution in [1.29, 1.82) is 0 Å². The van der Waals surface area contributed by atoms with Crippen LogP contribution in [0.3, 0.4) is 0 Å². The first-order valence-electron chi connectivity index (χ1n) is 23.5. The van der Waals surface area contributed by atoms with Crippen molar-refractivity contribution in [1.82, 2.24) is 41.0 Å². The van der Waals surface area contributed by atoms with Crippen LogP contribution in [0.15, 0.2) is 42.9 Å². The maximum atomic E-state index is 14.7. The molecule has 9 N–H and O–H groups in total. The number of nitrogens with zero attached hydrogens (tertiary/aromatic N) is 3. The molecular formula is C48H78N8O11. The standard InChI is InChI=1S/C48H78N8O11/c1-11-31(6)40(44(64)54-48(25-57,26-58)27-59)53-41(61)34(30(4)5)23-39(60)35(20-29(2)3)51-43(63)38(22-33-24-49-28-50-33)55(10)45(65)36(21-32-16-13-12-14-17-32)52-42(62)37-18-15-19-56(37)46(66)67-47(7,8)9/h12-14,16-17,24,28-31,34-40,57-60H,11,15,18-23,25-27H2,1-10H3,(H,49,50)(H,51,63)(H,52,62)(H,53,61)(H,54,64)/t31-,34+,35-,36-,37-,38-,39-,40-/m0/s1. The lowest BCUT2D eigenvalue weighted by Crippen LogP contribution is -2.62. The summed E-state index contributed by atoms with van der Waals surface area (Å²) in [5.74, 6) is -4.59. The van der Waals surface area contributed by atoms with Gasteiger partial charge in [0.05, 0.1) is 38.3 Å². The minimum Gasteiger partial charge on any atom is -0.444 e. The van der Waals surface area contributed by atoms with Gasteiger partial charge in [0.15, 0.2) is 0 Å². The Morgan fingerprint density at radius 1 is 0.896 bits per heavy atom. The summed E-state index contributed by atoms with van der Waals surface area (Å²) in [6, 6.07) is 3.86. The van der Waals surface area contributed by atoms with Crippen molar-refractivity contribution in [3.63, 3.8) is 0 Å². The van der Waals surface area contributed by atoms with Gasteiger partial charge in [-0.2, -0.15) is 0 Å². The zero-order valence-electron chi connectivity index (χ0n) is 41.1. The predicted octanol–water partition coefficient (Wildman–Crippen LogP) is 1.82. The summed E-state index contributed by atoms with van der Waals surface area (Å²) >= 11 is 0. The summed E-state index contributed by atoms with van der Waals surface area (Å²) in [5.41, 5.74) is -1.22. The van der Waals surface area contributed by atoms with E-state index in [1.807, 2.05) is 51.1 Å². The molecule has 0 bridgehead atoms. The van der Waals surface area contributed by atoms with Gasteiger partial charge in [-0.05, 0) is 69.8 Å². The molecule has 1 fully saturated rings. The van der Waals surface area contributed by atoms with E-state index < -0.39 is 115 Å². The Bertz CT molecular complexity index is 1880. The maximum absolute atomic E-state index is 14.7. The fourth-order valence-electron chi connectivity index (χ4n) is 8.08. The van der Waals surface area contributed by atoms with Gasteiger partial charge >= 0.3 is 6.09 Å². The summed E-state index contributed by atoms with van der Waals surface area (Å²) in [6.07, 6.45) is 2.71. The number of imidazole rings is 1. The highest BCUT2D eigenvalue weighted by molar-refractivity contribution is 5.94. The van der Waals surface area contributed by atoms with E-state index in [0.717, 1.165) is 5.56 Å². The Labute approximate surface area is 395 Å². The van der Waals surface area contributed by atoms with Crippen molar-refractivity contribution >= 4 is 35.6 Å². The van der Waals surface area contributed by atoms with Crippen LogP contribution in [0.2, 0.25) is 0 Å². The first kappa shape index (κ1) is 56.2. The Morgan fingerprint density at radius 3 is 2.07 bits per heavy atom. The fraction of sp³-hybridized carbons (Fsp3) is 0.688. The number of H-pyrrole nitrogens is 1. The lowest BCUT2D eigenvalue weighted by Gasteiger charge is -2.35. The normalized spacial score (nSPS) is 17.4. The van der Waals surface area contributed by atoms with Crippen molar-refractivity contribution in [3.8, 4) is 0 Å².